The molecule has 0 amide bonds. The first-order chi connectivity index (χ1) is 6.34. The third-order valence-corrected chi connectivity index (χ3v) is 3.30. The van der Waals surface area contributed by atoms with Gasteiger partial charge in [0, 0.05) is 19.3 Å². The molecule has 2 rings (SSSR count). The second-order valence-corrected chi connectivity index (χ2v) is 4.76. The molecule has 0 heterocycles. The summed E-state index contributed by atoms with van der Waals surface area (Å²) < 4.78 is 5.69. The van der Waals surface area contributed by atoms with Crippen LogP contribution in [0.3, 0.4) is 0 Å². The van der Waals surface area contributed by atoms with E-state index in [2.05, 4.69) is 0 Å². The van der Waals surface area contributed by atoms with Crippen LogP contribution in [0.1, 0.15) is 38.5 Å². The van der Waals surface area contributed by atoms with Crippen molar-refractivity contribution in [1.82, 2.24) is 0 Å². The number of ether oxygens (including phenoxy) is 1. The highest BCUT2D eigenvalue weighted by Gasteiger charge is 2.23. The molecule has 0 aromatic carbocycles. The maximum Gasteiger partial charge on any atom is 0.0494 e. The van der Waals surface area contributed by atoms with Gasteiger partial charge in [0.05, 0.1) is 0 Å². The summed E-state index contributed by atoms with van der Waals surface area (Å²) in [6.45, 7) is 2.01. The average molecular weight is 183 g/mol. The van der Waals surface area contributed by atoms with E-state index in [1.165, 1.54) is 38.5 Å². The van der Waals surface area contributed by atoms with E-state index in [4.69, 9.17) is 10.5 Å². The van der Waals surface area contributed by atoms with Crippen LogP contribution in [-0.4, -0.2) is 19.3 Å². The number of rotatable bonds is 4. The summed E-state index contributed by atoms with van der Waals surface area (Å²) in [5, 5.41) is 0. The first-order valence-electron chi connectivity index (χ1n) is 5.68. The fraction of sp³-hybridized carbons (Fsp3) is 1.00. The van der Waals surface area contributed by atoms with Crippen LogP contribution in [0.4, 0.5) is 0 Å². The van der Waals surface area contributed by atoms with E-state index in [1.54, 1.807) is 0 Å². The van der Waals surface area contributed by atoms with Gasteiger partial charge in [-0.05, 0) is 50.4 Å². The van der Waals surface area contributed by atoms with Gasteiger partial charge in [0.2, 0.25) is 0 Å². The fourth-order valence-electron chi connectivity index (χ4n) is 2.04. The molecule has 0 atom stereocenters. The molecule has 2 aliphatic rings. The molecule has 13 heavy (non-hydrogen) atoms. The van der Waals surface area contributed by atoms with Crippen molar-refractivity contribution in [3.63, 3.8) is 0 Å². The highest BCUT2D eigenvalue weighted by molar-refractivity contribution is 4.75. The summed E-state index contributed by atoms with van der Waals surface area (Å²) in [5.41, 5.74) is 5.84. The van der Waals surface area contributed by atoms with Crippen molar-refractivity contribution in [1.29, 1.82) is 0 Å². The molecular weight excluding hydrogens is 162 g/mol. The standard InChI is InChI=1S/C11H21NO/c12-11-5-3-10(4-6-11)8-13-7-9-1-2-9/h9-11H,1-8,12H2. The largest absolute Gasteiger partial charge is 0.381 e. The highest BCUT2D eigenvalue weighted by atomic mass is 16.5. The van der Waals surface area contributed by atoms with Crippen LogP contribution in [-0.2, 0) is 4.74 Å². The molecule has 0 unspecified atom stereocenters. The topological polar surface area (TPSA) is 35.2 Å². The SMILES string of the molecule is NC1CCC(COCC2CC2)CC1. The molecule has 0 saturated heterocycles. The van der Waals surface area contributed by atoms with Crippen molar-refractivity contribution < 1.29 is 4.74 Å². The molecule has 76 valence electrons. The molecular formula is C11H21NO. The minimum Gasteiger partial charge on any atom is -0.381 e. The van der Waals surface area contributed by atoms with E-state index in [1.807, 2.05) is 0 Å². The molecule has 0 radical (unpaired) electrons. The summed E-state index contributed by atoms with van der Waals surface area (Å²) in [4.78, 5) is 0. The molecule has 2 heteroatoms. The molecule has 2 nitrogen and oxygen atoms in total. The Bertz CT molecular complexity index is 148. The second kappa shape index (κ2) is 4.43. The maximum absolute atomic E-state index is 5.84. The highest BCUT2D eigenvalue weighted by Crippen LogP contribution is 2.30. The van der Waals surface area contributed by atoms with E-state index in [9.17, 15) is 0 Å². The number of hydrogen-bond donors (Lipinski definition) is 1. The van der Waals surface area contributed by atoms with Gasteiger partial charge in [-0.25, -0.2) is 0 Å². The Morgan fingerprint density at radius 2 is 1.31 bits per heavy atom. The summed E-state index contributed by atoms with van der Waals surface area (Å²) >= 11 is 0. The summed E-state index contributed by atoms with van der Waals surface area (Å²) in [6.07, 6.45) is 7.78. The Hall–Kier alpha value is -0.0800. The minimum atomic E-state index is 0.472. The predicted molar refractivity (Wildman–Crippen MR) is 53.5 cm³/mol. The van der Waals surface area contributed by atoms with Crippen LogP contribution >= 0.6 is 0 Å². The van der Waals surface area contributed by atoms with Crippen LogP contribution in [0.5, 0.6) is 0 Å². The summed E-state index contributed by atoms with van der Waals surface area (Å²) in [6, 6.07) is 0.472. The normalized spacial score (nSPS) is 34.8. The Kier molecular flexibility index (Phi) is 3.23. The van der Waals surface area contributed by atoms with Crippen LogP contribution in [0.25, 0.3) is 0 Å². The molecule has 0 aromatic heterocycles. The van der Waals surface area contributed by atoms with Crippen molar-refractivity contribution in [2.75, 3.05) is 13.2 Å². The Labute approximate surface area is 80.8 Å². The summed E-state index contributed by atoms with van der Waals surface area (Å²) in [7, 11) is 0. The Balaban J connectivity index is 1.53. The minimum absolute atomic E-state index is 0.472. The van der Waals surface area contributed by atoms with Crippen LogP contribution in [0, 0.1) is 11.8 Å². The predicted octanol–water partition coefficient (Wildman–Crippen LogP) is 1.93. The van der Waals surface area contributed by atoms with Crippen LogP contribution in [0.2, 0.25) is 0 Å². The van der Waals surface area contributed by atoms with Gasteiger partial charge in [-0.3, -0.25) is 0 Å². The lowest BCUT2D eigenvalue weighted by atomic mass is 9.87. The van der Waals surface area contributed by atoms with Gasteiger partial charge >= 0.3 is 0 Å². The molecule has 0 spiro atoms. The molecule has 0 aliphatic heterocycles. The third kappa shape index (κ3) is 3.28. The zero-order valence-electron chi connectivity index (χ0n) is 8.37. The van der Waals surface area contributed by atoms with Gasteiger partial charge in [-0.2, -0.15) is 0 Å². The number of nitrogens with two attached hydrogens (primary N) is 1. The molecule has 0 bridgehead atoms. The zero-order valence-corrected chi connectivity index (χ0v) is 8.37. The second-order valence-electron chi connectivity index (χ2n) is 4.76. The van der Waals surface area contributed by atoms with E-state index in [0.717, 1.165) is 25.0 Å². The first kappa shape index (κ1) is 9.47. The van der Waals surface area contributed by atoms with Crippen molar-refractivity contribution >= 4 is 0 Å². The molecule has 2 N–H and O–H groups in total. The van der Waals surface area contributed by atoms with Crippen molar-refractivity contribution in [2.24, 2.45) is 17.6 Å². The van der Waals surface area contributed by atoms with Crippen LogP contribution in [0.15, 0.2) is 0 Å². The molecule has 2 aliphatic carbocycles. The van der Waals surface area contributed by atoms with Crippen LogP contribution < -0.4 is 5.73 Å². The smallest absolute Gasteiger partial charge is 0.0494 e. The lowest BCUT2D eigenvalue weighted by molar-refractivity contribution is 0.0760. The molecule has 2 saturated carbocycles. The van der Waals surface area contributed by atoms with Gasteiger partial charge in [-0.1, -0.05) is 0 Å². The first-order valence-corrected chi connectivity index (χ1v) is 5.68. The maximum atomic E-state index is 5.84. The fourth-order valence-corrected chi connectivity index (χ4v) is 2.04. The van der Waals surface area contributed by atoms with Gasteiger partial charge < -0.3 is 10.5 Å². The van der Waals surface area contributed by atoms with Gasteiger partial charge in [-0.15, -0.1) is 0 Å². The zero-order chi connectivity index (χ0) is 9.10. The van der Waals surface area contributed by atoms with Crippen molar-refractivity contribution in [3.8, 4) is 0 Å². The monoisotopic (exact) mass is 183 g/mol. The van der Waals surface area contributed by atoms with E-state index in [-0.39, 0.29) is 0 Å². The van der Waals surface area contributed by atoms with Gasteiger partial charge in [0.15, 0.2) is 0 Å². The quantitative estimate of drug-likeness (QED) is 0.723. The molecule has 0 aromatic rings. The van der Waals surface area contributed by atoms with E-state index in [0.29, 0.717) is 6.04 Å². The Morgan fingerprint density at radius 1 is 0.846 bits per heavy atom. The summed E-state index contributed by atoms with van der Waals surface area (Å²) in [5.74, 6) is 1.71. The average Bonchev–Trinajstić information content (AvgIpc) is 2.92. The Morgan fingerprint density at radius 3 is 1.77 bits per heavy atom. The van der Waals surface area contributed by atoms with E-state index >= 15 is 0 Å². The third-order valence-electron chi connectivity index (χ3n) is 3.30. The molecule has 2 fully saturated rings. The lowest BCUT2D eigenvalue weighted by Gasteiger charge is -2.25. The van der Waals surface area contributed by atoms with Crippen molar-refractivity contribution in [2.45, 2.75) is 44.6 Å². The van der Waals surface area contributed by atoms with Gasteiger partial charge in [0.1, 0.15) is 0 Å². The lowest BCUT2D eigenvalue weighted by Crippen LogP contribution is -2.28. The van der Waals surface area contributed by atoms with Gasteiger partial charge in [0.25, 0.3) is 0 Å². The van der Waals surface area contributed by atoms with Crippen molar-refractivity contribution in [3.05, 3.63) is 0 Å². The van der Waals surface area contributed by atoms with E-state index < -0.39 is 0 Å². The number of hydrogen-bond acceptors (Lipinski definition) is 2.